The molecule has 2 N–H and O–H groups in total. The second-order valence-corrected chi connectivity index (χ2v) is 2.42. The number of rotatable bonds is 1. The topological polar surface area (TPSA) is 44.4 Å². The van der Waals surface area contributed by atoms with E-state index in [4.69, 9.17) is 0 Å². The first-order chi connectivity index (χ1) is 5.31. The van der Waals surface area contributed by atoms with E-state index in [2.05, 4.69) is 22.6 Å². The Hall–Kier alpha value is -0.450. The highest BCUT2D eigenvalue weighted by molar-refractivity contribution is 5.48. The molecule has 66 valence electrons. The average molecular weight is 159 g/mol. The third-order valence-electron chi connectivity index (χ3n) is 1.18. The van der Waals surface area contributed by atoms with Crippen molar-refractivity contribution in [1.29, 1.82) is 0 Å². The summed E-state index contributed by atoms with van der Waals surface area (Å²) in [6, 6.07) is 0. The summed E-state index contributed by atoms with van der Waals surface area (Å²) in [5, 5.41) is 6.30. The quantitative estimate of drug-likeness (QED) is 0.510. The summed E-state index contributed by atoms with van der Waals surface area (Å²) in [6.45, 7) is 4.78. The summed E-state index contributed by atoms with van der Waals surface area (Å²) < 4.78 is 0. The van der Waals surface area contributed by atoms with Crippen LogP contribution >= 0.6 is 0 Å². The predicted molar refractivity (Wildman–Crippen MR) is 45.0 cm³/mol. The van der Waals surface area contributed by atoms with Crippen molar-refractivity contribution in [3.8, 4) is 0 Å². The lowest BCUT2D eigenvalue weighted by Gasteiger charge is -2.23. The molecule has 0 atom stereocenters. The van der Waals surface area contributed by atoms with Crippen LogP contribution in [0.5, 0.6) is 0 Å². The van der Waals surface area contributed by atoms with Crippen molar-refractivity contribution >= 4 is 6.29 Å². The van der Waals surface area contributed by atoms with Crippen molar-refractivity contribution in [3.63, 3.8) is 0 Å². The molecular weight excluding hydrogens is 142 g/mol. The number of hydrogen-bond acceptors (Lipinski definition) is 4. The van der Waals surface area contributed by atoms with Crippen LogP contribution in [0.2, 0.25) is 0 Å². The molecule has 1 aliphatic rings. The minimum atomic E-state index is 0.639. The van der Waals surface area contributed by atoms with Crippen molar-refractivity contribution < 1.29 is 4.79 Å². The molecule has 11 heavy (non-hydrogen) atoms. The van der Waals surface area contributed by atoms with Crippen molar-refractivity contribution in [2.24, 2.45) is 0 Å². The van der Waals surface area contributed by atoms with Crippen LogP contribution in [0.3, 0.4) is 0 Å². The maximum atomic E-state index is 9.17. The normalized spacial score (nSPS) is 18.4. The van der Waals surface area contributed by atoms with Gasteiger partial charge >= 0.3 is 0 Å². The standard InChI is InChI=1S/C4H11N3.C3H6O/c1-7-3-5-2-6-4-7;1-2-3-4/h5-6H,2-4H2,1H3;3H,2H2,1H3. The smallest absolute Gasteiger partial charge is 0.119 e. The molecule has 4 heteroatoms. The summed E-state index contributed by atoms with van der Waals surface area (Å²) in [4.78, 5) is 11.3. The fourth-order valence-electron chi connectivity index (χ4n) is 0.638. The van der Waals surface area contributed by atoms with Gasteiger partial charge in [0.15, 0.2) is 0 Å². The van der Waals surface area contributed by atoms with Crippen LogP contribution in [0.4, 0.5) is 0 Å². The lowest BCUT2D eigenvalue weighted by molar-refractivity contribution is -0.107. The minimum Gasteiger partial charge on any atom is -0.303 e. The molecule has 1 heterocycles. The molecule has 0 amide bonds. The largest absolute Gasteiger partial charge is 0.303 e. The Labute approximate surface area is 67.9 Å². The molecule has 0 aromatic carbocycles. The van der Waals surface area contributed by atoms with Crippen LogP contribution in [0.15, 0.2) is 0 Å². The minimum absolute atomic E-state index is 0.639. The lowest BCUT2D eigenvalue weighted by Crippen LogP contribution is -2.48. The molecule has 0 aromatic heterocycles. The summed E-state index contributed by atoms with van der Waals surface area (Å²) in [7, 11) is 2.07. The Morgan fingerprint density at radius 1 is 1.45 bits per heavy atom. The highest BCUT2D eigenvalue weighted by Gasteiger charge is 1.99. The van der Waals surface area contributed by atoms with E-state index in [1.54, 1.807) is 0 Å². The first-order valence-corrected chi connectivity index (χ1v) is 3.84. The maximum absolute atomic E-state index is 9.17. The molecule has 0 aliphatic carbocycles. The molecule has 0 aromatic rings. The first kappa shape index (κ1) is 10.6. The van der Waals surface area contributed by atoms with Gasteiger partial charge in [0.25, 0.3) is 0 Å². The van der Waals surface area contributed by atoms with E-state index >= 15 is 0 Å². The number of carbonyl (C=O) groups excluding carboxylic acids is 1. The zero-order valence-electron chi connectivity index (χ0n) is 7.26. The second kappa shape index (κ2) is 7.65. The van der Waals surface area contributed by atoms with Crippen LogP contribution in [-0.2, 0) is 4.79 Å². The summed E-state index contributed by atoms with van der Waals surface area (Å²) in [5.41, 5.74) is 0. The highest BCUT2D eigenvalue weighted by atomic mass is 16.1. The summed E-state index contributed by atoms with van der Waals surface area (Å²) in [5.74, 6) is 0. The monoisotopic (exact) mass is 159 g/mol. The van der Waals surface area contributed by atoms with Crippen molar-refractivity contribution in [1.82, 2.24) is 15.5 Å². The molecule has 1 saturated heterocycles. The van der Waals surface area contributed by atoms with E-state index in [0.717, 1.165) is 26.3 Å². The molecule has 4 nitrogen and oxygen atoms in total. The Bertz CT molecular complexity index is 91.7. The molecular formula is C7H17N3O. The predicted octanol–water partition coefficient (Wildman–Crippen LogP) is -0.421. The van der Waals surface area contributed by atoms with Gasteiger partial charge in [0, 0.05) is 26.4 Å². The molecule has 1 fully saturated rings. The van der Waals surface area contributed by atoms with Crippen LogP contribution in [-0.4, -0.2) is 38.2 Å². The molecule has 1 rings (SSSR count). The van der Waals surface area contributed by atoms with E-state index < -0.39 is 0 Å². The van der Waals surface area contributed by atoms with Crippen molar-refractivity contribution in [2.75, 3.05) is 27.1 Å². The van der Waals surface area contributed by atoms with Crippen LogP contribution in [0, 0.1) is 0 Å². The number of hydrogen-bond donors (Lipinski definition) is 2. The van der Waals surface area contributed by atoms with E-state index in [1.165, 1.54) is 0 Å². The average Bonchev–Trinajstić information content (AvgIpc) is 2.07. The number of nitrogens with zero attached hydrogens (tertiary/aromatic N) is 1. The van der Waals surface area contributed by atoms with Crippen LogP contribution < -0.4 is 10.6 Å². The summed E-state index contributed by atoms with van der Waals surface area (Å²) >= 11 is 0. The Morgan fingerprint density at radius 3 is 2.09 bits per heavy atom. The lowest BCUT2D eigenvalue weighted by atomic mass is 10.6. The molecule has 0 saturated carbocycles. The van der Waals surface area contributed by atoms with E-state index in [1.807, 2.05) is 6.92 Å². The van der Waals surface area contributed by atoms with Gasteiger partial charge in [0.05, 0.1) is 0 Å². The van der Waals surface area contributed by atoms with Gasteiger partial charge in [-0.1, -0.05) is 6.92 Å². The molecule has 0 radical (unpaired) electrons. The fourth-order valence-corrected chi connectivity index (χ4v) is 0.638. The Balaban J connectivity index is 0.000000218. The van der Waals surface area contributed by atoms with Gasteiger partial charge in [-0.2, -0.15) is 0 Å². The zero-order chi connectivity index (χ0) is 8.53. The van der Waals surface area contributed by atoms with Crippen LogP contribution in [0.1, 0.15) is 13.3 Å². The van der Waals surface area contributed by atoms with Gasteiger partial charge in [-0.25, -0.2) is 0 Å². The van der Waals surface area contributed by atoms with Gasteiger partial charge in [-0.3, -0.25) is 15.5 Å². The Morgan fingerprint density at radius 2 is 1.91 bits per heavy atom. The Kier molecular flexibility index (Phi) is 7.34. The van der Waals surface area contributed by atoms with Crippen molar-refractivity contribution in [2.45, 2.75) is 13.3 Å². The van der Waals surface area contributed by atoms with Gasteiger partial charge in [0.1, 0.15) is 6.29 Å². The van der Waals surface area contributed by atoms with Gasteiger partial charge in [-0.05, 0) is 7.05 Å². The molecule has 1 aliphatic heterocycles. The highest BCUT2D eigenvalue weighted by Crippen LogP contribution is 1.76. The maximum Gasteiger partial charge on any atom is 0.119 e. The fraction of sp³-hybridized carbons (Fsp3) is 0.857. The SMILES string of the molecule is CCC=O.CN1CNCNC1. The third kappa shape index (κ3) is 7.45. The first-order valence-electron chi connectivity index (χ1n) is 3.84. The number of aldehydes is 1. The van der Waals surface area contributed by atoms with Gasteiger partial charge in [-0.15, -0.1) is 0 Å². The van der Waals surface area contributed by atoms with E-state index in [9.17, 15) is 4.79 Å². The molecule has 0 spiro atoms. The van der Waals surface area contributed by atoms with Crippen molar-refractivity contribution in [3.05, 3.63) is 0 Å². The van der Waals surface area contributed by atoms with Crippen LogP contribution in [0.25, 0.3) is 0 Å². The second-order valence-electron chi connectivity index (χ2n) is 2.42. The van der Waals surface area contributed by atoms with E-state index in [0.29, 0.717) is 6.42 Å². The third-order valence-corrected chi connectivity index (χ3v) is 1.18. The number of nitrogens with one attached hydrogen (secondary N) is 2. The van der Waals surface area contributed by atoms with Gasteiger partial charge in [0.2, 0.25) is 0 Å². The number of carbonyl (C=O) groups is 1. The van der Waals surface area contributed by atoms with Gasteiger partial charge < -0.3 is 4.79 Å². The zero-order valence-corrected chi connectivity index (χ0v) is 7.26. The summed E-state index contributed by atoms with van der Waals surface area (Å²) in [6.07, 6.45) is 1.51. The van der Waals surface area contributed by atoms with E-state index in [-0.39, 0.29) is 0 Å². The molecule has 0 unspecified atom stereocenters. The molecule has 0 bridgehead atoms.